The zero-order chi connectivity index (χ0) is 13.2. The van der Waals surface area contributed by atoms with Gasteiger partial charge in [0.05, 0.1) is 17.9 Å². The summed E-state index contributed by atoms with van der Waals surface area (Å²) >= 11 is 0. The Hall–Kier alpha value is -1.44. The van der Waals surface area contributed by atoms with Gasteiger partial charge in [0, 0.05) is 12.3 Å². The minimum atomic E-state index is -2.91. The van der Waals surface area contributed by atoms with E-state index in [2.05, 4.69) is 10.1 Å². The molecule has 1 fully saturated rings. The molecule has 0 unspecified atom stereocenters. The van der Waals surface area contributed by atoms with Crippen molar-refractivity contribution >= 4 is 15.8 Å². The van der Waals surface area contributed by atoms with Gasteiger partial charge in [-0.1, -0.05) is 5.16 Å². The number of aromatic nitrogens is 2. The number of hydrogen-bond donors (Lipinski definition) is 1. The lowest BCUT2D eigenvalue weighted by atomic mass is 10.0. The summed E-state index contributed by atoms with van der Waals surface area (Å²) in [5, 5.41) is 12.2. The van der Waals surface area contributed by atoms with Crippen molar-refractivity contribution in [2.24, 2.45) is 0 Å². The van der Waals surface area contributed by atoms with Gasteiger partial charge in [-0.2, -0.15) is 4.98 Å². The molecule has 1 saturated heterocycles. The van der Waals surface area contributed by atoms with Crippen LogP contribution in [0.2, 0.25) is 0 Å². The number of carbonyl (C=O) groups is 1. The highest BCUT2D eigenvalue weighted by Crippen LogP contribution is 2.27. The average Bonchev–Trinajstić information content (AvgIpc) is 2.75. The molecule has 2 rings (SSSR count). The van der Waals surface area contributed by atoms with Gasteiger partial charge in [0.1, 0.15) is 9.84 Å². The van der Waals surface area contributed by atoms with Crippen LogP contribution in [0, 0.1) is 0 Å². The maximum absolute atomic E-state index is 11.3. The van der Waals surface area contributed by atoms with Crippen LogP contribution in [0.3, 0.4) is 0 Å². The van der Waals surface area contributed by atoms with E-state index in [1.54, 1.807) is 0 Å². The highest BCUT2D eigenvalue weighted by molar-refractivity contribution is 7.91. The maximum Gasteiger partial charge on any atom is 0.303 e. The Morgan fingerprint density at radius 1 is 1.39 bits per heavy atom. The van der Waals surface area contributed by atoms with Crippen molar-refractivity contribution < 1.29 is 22.8 Å². The van der Waals surface area contributed by atoms with E-state index < -0.39 is 15.8 Å². The lowest BCUT2D eigenvalue weighted by Gasteiger charge is -2.17. The zero-order valence-electron chi connectivity index (χ0n) is 9.70. The highest BCUT2D eigenvalue weighted by atomic mass is 32.2. The summed E-state index contributed by atoms with van der Waals surface area (Å²) in [6.45, 7) is 0. The lowest BCUT2D eigenvalue weighted by molar-refractivity contribution is -0.137. The summed E-state index contributed by atoms with van der Waals surface area (Å²) in [4.78, 5) is 14.5. The predicted molar refractivity (Wildman–Crippen MR) is 60.9 cm³/mol. The molecule has 1 aromatic rings. The summed E-state index contributed by atoms with van der Waals surface area (Å²) in [7, 11) is -2.91. The molecular formula is C10H14N2O5S. The number of aliphatic carboxylic acids is 1. The van der Waals surface area contributed by atoms with Crippen molar-refractivity contribution in [1.82, 2.24) is 10.1 Å². The molecule has 7 nitrogen and oxygen atoms in total. The summed E-state index contributed by atoms with van der Waals surface area (Å²) in [6, 6.07) is 0. The predicted octanol–water partition coefficient (Wildman–Crippen LogP) is 0.379. The third-order valence-corrected chi connectivity index (χ3v) is 4.67. The van der Waals surface area contributed by atoms with Gasteiger partial charge >= 0.3 is 5.97 Å². The van der Waals surface area contributed by atoms with Crippen LogP contribution in [0.4, 0.5) is 0 Å². The van der Waals surface area contributed by atoms with E-state index in [1.165, 1.54) is 0 Å². The Balaban J connectivity index is 1.96. The van der Waals surface area contributed by atoms with Crippen LogP contribution in [-0.4, -0.2) is 41.1 Å². The van der Waals surface area contributed by atoms with Crippen LogP contribution in [-0.2, 0) is 21.1 Å². The number of carboxylic acids is 1. The van der Waals surface area contributed by atoms with Gasteiger partial charge in [-0.25, -0.2) is 8.42 Å². The Kier molecular flexibility index (Phi) is 3.65. The van der Waals surface area contributed by atoms with E-state index in [9.17, 15) is 13.2 Å². The Labute approximate surface area is 104 Å². The lowest BCUT2D eigenvalue weighted by Crippen LogP contribution is -2.22. The molecule has 0 saturated carbocycles. The molecule has 1 N–H and O–H groups in total. The van der Waals surface area contributed by atoms with Gasteiger partial charge in [0.25, 0.3) is 0 Å². The largest absolute Gasteiger partial charge is 0.481 e. The first-order valence-electron chi connectivity index (χ1n) is 5.71. The molecular weight excluding hydrogens is 260 g/mol. The number of aryl methyl sites for hydroxylation is 1. The number of nitrogens with zero attached hydrogens (tertiary/aromatic N) is 2. The highest BCUT2D eigenvalue weighted by Gasteiger charge is 2.28. The van der Waals surface area contributed by atoms with Crippen molar-refractivity contribution in [3.63, 3.8) is 0 Å². The van der Waals surface area contributed by atoms with E-state index in [4.69, 9.17) is 9.63 Å². The van der Waals surface area contributed by atoms with Gasteiger partial charge in [0.15, 0.2) is 5.82 Å². The van der Waals surface area contributed by atoms with E-state index in [0.29, 0.717) is 24.6 Å². The second kappa shape index (κ2) is 5.05. The number of hydrogen-bond acceptors (Lipinski definition) is 6. The Morgan fingerprint density at radius 2 is 2.06 bits per heavy atom. The second-order valence-corrected chi connectivity index (χ2v) is 6.67. The van der Waals surface area contributed by atoms with Crippen molar-refractivity contribution in [3.8, 4) is 0 Å². The van der Waals surface area contributed by atoms with Crippen molar-refractivity contribution in [1.29, 1.82) is 0 Å². The summed E-state index contributed by atoms with van der Waals surface area (Å²) in [5.41, 5.74) is 0. The molecule has 0 spiro atoms. The molecule has 0 bridgehead atoms. The van der Waals surface area contributed by atoms with Crippen LogP contribution < -0.4 is 0 Å². The molecule has 0 radical (unpaired) electrons. The second-order valence-electron chi connectivity index (χ2n) is 4.37. The molecule has 1 aromatic heterocycles. The van der Waals surface area contributed by atoms with Crippen LogP contribution >= 0.6 is 0 Å². The van der Waals surface area contributed by atoms with Crippen molar-refractivity contribution in [3.05, 3.63) is 11.7 Å². The van der Waals surface area contributed by atoms with E-state index in [0.717, 1.165) is 0 Å². The molecule has 100 valence electrons. The normalized spacial score (nSPS) is 19.8. The minimum absolute atomic E-state index is 0.0281. The fraction of sp³-hybridized carbons (Fsp3) is 0.700. The van der Waals surface area contributed by atoms with Gasteiger partial charge in [-0.05, 0) is 12.8 Å². The van der Waals surface area contributed by atoms with Gasteiger partial charge < -0.3 is 9.63 Å². The molecule has 0 aliphatic carbocycles. The first-order valence-corrected chi connectivity index (χ1v) is 7.53. The first-order chi connectivity index (χ1) is 8.46. The molecule has 1 aliphatic heterocycles. The summed E-state index contributed by atoms with van der Waals surface area (Å²) < 4.78 is 27.6. The molecule has 2 heterocycles. The minimum Gasteiger partial charge on any atom is -0.481 e. The molecule has 8 heteroatoms. The fourth-order valence-electron chi connectivity index (χ4n) is 1.89. The maximum atomic E-state index is 11.3. The van der Waals surface area contributed by atoms with Gasteiger partial charge in [-0.15, -0.1) is 0 Å². The monoisotopic (exact) mass is 274 g/mol. The van der Waals surface area contributed by atoms with Crippen molar-refractivity contribution in [2.75, 3.05) is 11.5 Å². The molecule has 0 amide bonds. The number of carboxylic acid groups (broad SMARTS) is 1. The summed E-state index contributed by atoms with van der Waals surface area (Å²) in [5.74, 6) is 0.130. The third kappa shape index (κ3) is 3.28. The van der Waals surface area contributed by atoms with Crippen LogP contribution in [0.15, 0.2) is 4.52 Å². The van der Waals surface area contributed by atoms with Crippen molar-refractivity contribution in [2.45, 2.75) is 31.6 Å². The van der Waals surface area contributed by atoms with E-state index >= 15 is 0 Å². The van der Waals surface area contributed by atoms with Crippen LogP contribution in [0.25, 0.3) is 0 Å². The van der Waals surface area contributed by atoms with E-state index in [1.807, 2.05) is 0 Å². The Morgan fingerprint density at radius 3 is 2.67 bits per heavy atom. The number of rotatable bonds is 4. The Bertz CT molecular complexity index is 522. The molecule has 1 aliphatic rings. The standard InChI is InChI=1S/C10H14N2O5S/c13-9(14)2-1-8-11-10(17-12-8)7-3-5-18(15,16)6-4-7/h7H,1-6H2,(H,13,14). The van der Waals surface area contributed by atoms with Gasteiger partial charge in [0.2, 0.25) is 5.89 Å². The summed E-state index contributed by atoms with van der Waals surface area (Å²) in [6.07, 6.45) is 1.16. The van der Waals surface area contributed by atoms with Crippen LogP contribution in [0.5, 0.6) is 0 Å². The molecule has 0 atom stereocenters. The quantitative estimate of drug-likeness (QED) is 0.844. The molecule has 0 aromatic carbocycles. The SMILES string of the molecule is O=C(O)CCc1noc(C2CCS(=O)(=O)CC2)n1. The van der Waals surface area contributed by atoms with Gasteiger partial charge in [-0.3, -0.25) is 4.79 Å². The third-order valence-electron chi connectivity index (χ3n) is 2.95. The smallest absolute Gasteiger partial charge is 0.303 e. The average molecular weight is 274 g/mol. The van der Waals surface area contributed by atoms with E-state index in [-0.39, 0.29) is 30.3 Å². The fourth-order valence-corrected chi connectivity index (χ4v) is 3.38. The topological polar surface area (TPSA) is 110 Å². The van der Waals surface area contributed by atoms with Crippen LogP contribution in [0.1, 0.15) is 36.9 Å². The number of sulfone groups is 1. The zero-order valence-corrected chi connectivity index (χ0v) is 10.5. The first kappa shape index (κ1) is 13.0. The molecule has 18 heavy (non-hydrogen) atoms.